The molecule has 96 valence electrons. The molecule has 1 saturated heterocycles. The fourth-order valence-electron chi connectivity index (χ4n) is 2.24. The number of nitrogen functional groups attached to an aromatic ring is 1. The van der Waals surface area contributed by atoms with Gasteiger partial charge in [-0.15, -0.1) is 0 Å². The number of aromatic nitrogens is 2. The van der Waals surface area contributed by atoms with E-state index < -0.39 is 0 Å². The smallest absolute Gasteiger partial charge is 0.151 e. The van der Waals surface area contributed by atoms with Crippen LogP contribution in [0.2, 0.25) is 0 Å². The van der Waals surface area contributed by atoms with Gasteiger partial charge in [0.2, 0.25) is 0 Å². The van der Waals surface area contributed by atoms with Crippen molar-refractivity contribution in [2.45, 2.75) is 39.8 Å². The molecule has 1 aromatic heterocycles. The summed E-state index contributed by atoms with van der Waals surface area (Å²) in [5, 5.41) is 4.53. The van der Waals surface area contributed by atoms with Crippen LogP contribution in [0, 0.1) is 6.92 Å². The third kappa shape index (κ3) is 2.11. The molecule has 2 heterocycles. The number of nitrogens with zero attached hydrogens (tertiary/aromatic N) is 3. The molecule has 0 aliphatic carbocycles. The van der Waals surface area contributed by atoms with Gasteiger partial charge in [-0.1, -0.05) is 0 Å². The molecule has 1 aliphatic heterocycles. The van der Waals surface area contributed by atoms with E-state index in [0.717, 1.165) is 37.0 Å². The lowest BCUT2D eigenvalue weighted by Gasteiger charge is -2.36. The van der Waals surface area contributed by atoms with Gasteiger partial charge < -0.3 is 15.4 Å². The van der Waals surface area contributed by atoms with Crippen LogP contribution in [-0.4, -0.2) is 35.6 Å². The second-order valence-corrected chi connectivity index (χ2v) is 4.98. The number of nitrogens with two attached hydrogens (primary N) is 1. The highest BCUT2D eigenvalue weighted by Crippen LogP contribution is 2.31. The molecule has 0 spiro atoms. The first-order valence-corrected chi connectivity index (χ1v) is 6.21. The highest BCUT2D eigenvalue weighted by molar-refractivity contribution is 5.67. The third-order valence-corrected chi connectivity index (χ3v) is 3.23. The Bertz CT molecular complexity index is 399. The van der Waals surface area contributed by atoms with E-state index in [4.69, 9.17) is 10.5 Å². The van der Waals surface area contributed by atoms with E-state index in [1.54, 1.807) is 0 Å². The van der Waals surface area contributed by atoms with Crippen molar-refractivity contribution in [2.75, 3.05) is 30.4 Å². The molecule has 0 radical (unpaired) electrons. The lowest BCUT2D eigenvalue weighted by atomic mass is 10.2. The van der Waals surface area contributed by atoms with Gasteiger partial charge in [0.15, 0.2) is 5.82 Å². The monoisotopic (exact) mass is 238 g/mol. The van der Waals surface area contributed by atoms with E-state index in [-0.39, 0.29) is 0 Å². The maximum absolute atomic E-state index is 6.17. The average molecular weight is 238 g/mol. The van der Waals surface area contributed by atoms with Gasteiger partial charge >= 0.3 is 0 Å². The van der Waals surface area contributed by atoms with E-state index in [0.29, 0.717) is 12.1 Å². The van der Waals surface area contributed by atoms with Crippen molar-refractivity contribution in [1.29, 1.82) is 0 Å². The molecule has 1 fully saturated rings. The predicted octanol–water partition coefficient (Wildman–Crippen LogP) is 1.58. The Morgan fingerprint density at radius 2 is 2.18 bits per heavy atom. The van der Waals surface area contributed by atoms with Crippen LogP contribution in [0.3, 0.4) is 0 Å². The number of hydrogen-bond donors (Lipinski definition) is 1. The first-order chi connectivity index (χ1) is 8.02. The molecule has 1 aliphatic rings. The summed E-state index contributed by atoms with van der Waals surface area (Å²) in [4.78, 5) is 2.30. The molecular weight excluding hydrogens is 216 g/mol. The van der Waals surface area contributed by atoms with Gasteiger partial charge in [0.1, 0.15) is 0 Å². The van der Waals surface area contributed by atoms with E-state index in [1.807, 2.05) is 11.6 Å². The van der Waals surface area contributed by atoms with Crippen LogP contribution < -0.4 is 10.6 Å². The first-order valence-electron chi connectivity index (χ1n) is 6.21. The number of morpholine rings is 1. The van der Waals surface area contributed by atoms with Crippen LogP contribution in [0.15, 0.2) is 0 Å². The van der Waals surface area contributed by atoms with Gasteiger partial charge in [0.25, 0.3) is 0 Å². The Morgan fingerprint density at radius 3 is 2.76 bits per heavy atom. The lowest BCUT2D eigenvalue weighted by Crippen LogP contribution is -2.45. The van der Waals surface area contributed by atoms with Crippen LogP contribution in [0.5, 0.6) is 0 Å². The van der Waals surface area contributed by atoms with Crippen molar-refractivity contribution in [3.05, 3.63) is 5.69 Å². The summed E-state index contributed by atoms with van der Waals surface area (Å²) in [5.41, 5.74) is 7.88. The van der Waals surface area contributed by atoms with E-state index in [9.17, 15) is 0 Å². The fraction of sp³-hybridized carbons (Fsp3) is 0.750. The molecule has 1 atom stereocenters. The summed E-state index contributed by atoms with van der Waals surface area (Å²) in [6.07, 6.45) is 0. The van der Waals surface area contributed by atoms with Crippen molar-refractivity contribution >= 4 is 11.5 Å². The van der Waals surface area contributed by atoms with Gasteiger partial charge in [-0.05, 0) is 27.7 Å². The summed E-state index contributed by atoms with van der Waals surface area (Å²) in [7, 11) is 0. The molecule has 0 saturated carbocycles. The molecule has 5 nitrogen and oxygen atoms in total. The maximum Gasteiger partial charge on any atom is 0.151 e. The van der Waals surface area contributed by atoms with Crippen LogP contribution in [0.1, 0.15) is 32.5 Å². The van der Waals surface area contributed by atoms with Crippen molar-refractivity contribution in [3.63, 3.8) is 0 Å². The van der Waals surface area contributed by atoms with Gasteiger partial charge in [0.05, 0.1) is 30.6 Å². The molecule has 2 N–H and O–H groups in total. The van der Waals surface area contributed by atoms with Gasteiger partial charge in [-0.25, -0.2) is 4.68 Å². The minimum atomic E-state index is 0.316. The molecule has 17 heavy (non-hydrogen) atoms. The van der Waals surface area contributed by atoms with Crippen molar-refractivity contribution in [3.8, 4) is 0 Å². The second kappa shape index (κ2) is 4.56. The summed E-state index contributed by atoms with van der Waals surface area (Å²) in [5.74, 6) is 1.05. The Morgan fingerprint density at radius 1 is 1.47 bits per heavy atom. The maximum atomic E-state index is 6.17. The van der Waals surface area contributed by atoms with Crippen LogP contribution in [0.4, 0.5) is 11.5 Å². The van der Waals surface area contributed by atoms with Crippen LogP contribution in [-0.2, 0) is 4.74 Å². The van der Waals surface area contributed by atoms with E-state index in [1.165, 1.54) is 0 Å². The van der Waals surface area contributed by atoms with Crippen molar-refractivity contribution < 1.29 is 4.74 Å². The highest BCUT2D eigenvalue weighted by atomic mass is 16.5. The number of rotatable bonds is 2. The Balaban J connectivity index is 2.41. The number of ether oxygens (including phenoxy) is 1. The molecule has 1 aromatic rings. The van der Waals surface area contributed by atoms with Gasteiger partial charge in [-0.3, -0.25) is 0 Å². The second-order valence-electron chi connectivity index (χ2n) is 4.98. The van der Waals surface area contributed by atoms with Gasteiger partial charge in [0, 0.05) is 12.6 Å². The summed E-state index contributed by atoms with van der Waals surface area (Å²) in [6.45, 7) is 10.8. The molecule has 1 unspecified atom stereocenters. The fourth-order valence-corrected chi connectivity index (χ4v) is 2.24. The minimum absolute atomic E-state index is 0.316. The van der Waals surface area contributed by atoms with E-state index >= 15 is 0 Å². The SMILES string of the molecule is Cc1nn(C(C)C)c(N2CCOCC2C)c1N. The normalized spacial score (nSPS) is 21.2. The number of hydrogen-bond acceptors (Lipinski definition) is 4. The first kappa shape index (κ1) is 12.2. The molecule has 0 bridgehead atoms. The van der Waals surface area contributed by atoms with Crippen LogP contribution in [0.25, 0.3) is 0 Å². The zero-order chi connectivity index (χ0) is 12.6. The summed E-state index contributed by atoms with van der Waals surface area (Å²) in [6, 6.07) is 0.663. The largest absolute Gasteiger partial charge is 0.394 e. The minimum Gasteiger partial charge on any atom is -0.394 e. The zero-order valence-electron chi connectivity index (χ0n) is 11.1. The molecule has 0 aromatic carbocycles. The summed E-state index contributed by atoms with van der Waals surface area (Å²) >= 11 is 0. The Kier molecular flexibility index (Phi) is 3.28. The lowest BCUT2D eigenvalue weighted by molar-refractivity contribution is 0.0979. The number of anilines is 2. The Labute approximate surface area is 103 Å². The number of aryl methyl sites for hydroxylation is 1. The predicted molar refractivity (Wildman–Crippen MR) is 69.4 cm³/mol. The van der Waals surface area contributed by atoms with Crippen molar-refractivity contribution in [2.24, 2.45) is 0 Å². The van der Waals surface area contributed by atoms with Gasteiger partial charge in [-0.2, -0.15) is 5.10 Å². The van der Waals surface area contributed by atoms with Crippen LogP contribution >= 0.6 is 0 Å². The zero-order valence-corrected chi connectivity index (χ0v) is 11.1. The standard InChI is InChI=1S/C12H22N4O/c1-8(2)16-12(11(13)10(4)14-16)15-5-6-17-7-9(15)3/h8-9H,5-7,13H2,1-4H3. The highest BCUT2D eigenvalue weighted by Gasteiger charge is 2.26. The average Bonchev–Trinajstić information content (AvgIpc) is 2.57. The van der Waals surface area contributed by atoms with Crippen molar-refractivity contribution in [1.82, 2.24) is 9.78 Å². The quantitative estimate of drug-likeness (QED) is 0.850. The third-order valence-electron chi connectivity index (χ3n) is 3.23. The molecule has 0 amide bonds. The molecule has 5 heteroatoms. The topological polar surface area (TPSA) is 56.3 Å². The summed E-state index contributed by atoms with van der Waals surface area (Å²) < 4.78 is 7.49. The Hall–Kier alpha value is -1.23. The molecular formula is C12H22N4O. The van der Waals surface area contributed by atoms with E-state index in [2.05, 4.69) is 30.8 Å². The molecule has 2 rings (SSSR count).